The third-order valence-electron chi connectivity index (χ3n) is 4.98. The first kappa shape index (κ1) is 22.2. The molecule has 6 nitrogen and oxygen atoms in total. The molecule has 0 aliphatic heterocycles. The summed E-state index contributed by atoms with van der Waals surface area (Å²) < 4.78 is 6.00. The molecule has 0 aromatic heterocycles. The van der Waals surface area contributed by atoms with Crippen molar-refractivity contribution in [3.8, 4) is 0 Å². The Morgan fingerprint density at radius 1 is 1.11 bits per heavy atom. The monoisotopic (exact) mass is 388 g/mol. The smallest absolute Gasteiger partial charge is 0.226 e. The first-order valence-corrected chi connectivity index (χ1v) is 10.5. The van der Waals surface area contributed by atoms with Crippen molar-refractivity contribution < 1.29 is 9.53 Å². The van der Waals surface area contributed by atoms with Gasteiger partial charge >= 0.3 is 0 Å². The third kappa shape index (κ3) is 8.30. The zero-order chi connectivity index (χ0) is 20.2. The number of amides is 1. The number of guanidine groups is 1. The van der Waals surface area contributed by atoms with Crippen LogP contribution in [-0.2, 0) is 16.1 Å². The molecule has 28 heavy (non-hydrogen) atoms. The summed E-state index contributed by atoms with van der Waals surface area (Å²) in [7, 11) is 1.77. The fourth-order valence-electron chi connectivity index (χ4n) is 3.20. The third-order valence-corrected chi connectivity index (χ3v) is 4.98. The summed E-state index contributed by atoms with van der Waals surface area (Å²) in [6.45, 7) is 5.88. The fraction of sp³-hybridized carbons (Fsp3) is 0.636. The van der Waals surface area contributed by atoms with Gasteiger partial charge in [-0.1, -0.05) is 51.7 Å². The van der Waals surface area contributed by atoms with Crippen LogP contribution in [0.2, 0.25) is 0 Å². The van der Waals surface area contributed by atoms with E-state index in [1.54, 1.807) is 7.05 Å². The van der Waals surface area contributed by atoms with Crippen molar-refractivity contribution in [2.24, 2.45) is 10.9 Å². The lowest BCUT2D eigenvalue weighted by molar-refractivity contribution is -0.118. The van der Waals surface area contributed by atoms with E-state index in [0.29, 0.717) is 19.3 Å². The van der Waals surface area contributed by atoms with Gasteiger partial charge < -0.3 is 20.7 Å². The molecular weight excluding hydrogens is 352 g/mol. The molecule has 6 heteroatoms. The van der Waals surface area contributed by atoms with Gasteiger partial charge in [0, 0.05) is 31.7 Å². The van der Waals surface area contributed by atoms with Gasteiger partial charge in [0.1, 0.15) is 0 Å². The number of hydrogen-bond acceptors (Lipinski definition) is 3. The van der Waals surface area contributed by atoms with E-state index in [4.69, 9.17) is 4.74 Å². The van der Waals surface area contributed by atoms with Crippen molar-refractivity contribution in [3.63, 3.8) is 0 Å². The second-order valence-corrected chi connectivity index (χ2v) is 7.68. The summed E-state index contributed by atoms with van der Waals surface area (Å²) in [5.41, 5.74) is 1.95. The van der Waals surface area contributed by atoms with Gasteiger partial charge in [0.05, 0.1) is 12.7 Å². The summed E-state index contributed by atoms with van der Waals surface area (Å²) in [4.78, 5) is 16.0. The molecule has 1 aliphatic rings. The Labute approximate surface area is 169 Å². The van der Waals surface area contributed by atoms with Crippen molar-refractivity contribution in [2.45, 2.75) is 65.0 Å². The van der Waals surface area contributed by atoms with Gasteiger partial charge in [-0.15, -0.1) is 0 Å². The minimum absolute atomic E-state index is 0.0257. The molecule has 1 amide bonds. The number of carbonyl (C=O) groups is 1. The Kier molecular flexibility index (Phi) is 9.83. The molecule has 1 fully saturated rings. The van der Waals surface area contributed by atoms with E-state index in [1.807, 2.05) is 38.1 Å². The molecule has 1 aliphatic carbocycles. The summed E-state index contributed by atoms with van der Waals surface area (Å²) >= 11 is 0. The van der Waals surface area contributed by atoms with Gasteiger partial charge in [-0.2, -0.15) is 0 Å². The number of rotatable bonds is 8. The average Bonchev–Trinajstić information content (AvgIpc) is 2.97. The van der Waals surface area contributed by atoms with Crippen LogP contribution in [0.4, 0.5) is 5.69 Å². The first-order chi connectivity index (χ1) is 13.6. The average molecular weight is 389 g/mol. The zero-order valence-electron chi connectivity index (χ0n) is 17.6. The molecule has 3 N–H and O–H groups in total. The summed E-state index contributed by atoms with van der Waals surface area (Å²) in [5, 5.41) is 9.51. The van der Waals surface area contributed by atoms with Gasteiger partial charge in [-0.25, -0.2) is 0 Å². The lowest BCUT2D eigenvalue weighted by Gasteiger charge is -2.17. The minimum Gasteiger partial charge on any atom is -0.376 e. The largest absolute Gasteiger partial charge is 0.376 e. The topological polar surface area (TPSA) is 74.8 Å². The van der Waals surface area contributed by atoms with E-state index in [2.05, 4.69) is 20.9 Å². The summed E-state index contributed by atoms with van der Waals surface area (Å²) in [6, 6.07) is 7.86. The second kappa shape index (κ2) is 12.4. The SMILES string of the molecule is CN=C(NCCOC1CCCCCC1)NCc1ccc(NC(=O)C(C)C)cc1. The van der Waals surface area contributed by atoms with Crippen LogP contribution in [-0.4, -0.2) is 38.2 Å². The molecular formula is C22H36N4O2. The molecule has 0 radical (unpaired) electrons. The van der Waals surface area contributed by atoms with E-state index >= 15 is 0 Å². The predicted molar refractivity (Wildman–Crippen MR) is 116 cm³/mol. The molecule has 1 aromatic carbocycles. The van der Waals surface area contributed by atoms with Crippen LogP contribution in [0.15, 0.2) is 29.3 Å². The molecule has 0 bridgehead atoms. The second-order valence-electron chi connectivity index (χ2n) is 7.68. The van der Waals surface area contributed by atoms with Crippen LogP contribution in [0.5, 0.6) is 0 Å². The Morgan fingerprint density at radius 2 is 1.79 bits per heavy atom. The quantitative estimate of drug-likeness (QED) is 0.275. The first-order valence-electron chi connectivity index (χ1n) is 10.5. The molecule has 0 saturated heterocycles. The van der Waals surface area contributed by atoms with Gasteiger partial charge in [-0.05, 0) is 30.5 Å². The van der Waals surface area contributed by atoms with Crippen molar-refractivity contribution in [3.05, 3.63) is 29.8 Å². The van der Waals surface area contributed by atoms with E-state index in [9.17, 15) is 4.79 Å². The lowest BCUT2D eigenvalue weighted by Crippen LogP contribution is -2.38. The van der Waals surface area contributed by atoms with Gasteiger partial charge in [0.2, 0.25) is 5.91 Å². The maximum absolute atomic E-state index is 11.7. The molecule has 0 heterocycles. The molecule has 1 saturated carbocycles. The highest BCUT2D eigenvalue weighted by molar-refractivity contribution is 5.92. The molecule has 0 spiro atoms. The Bertz CT molecular complexity index is 605. The molecule has 2 rings (SSSR count). The number of ether oxygens (including phenoxy) is 1. The van der Waals surface area contributed by atoms with E-state index in [1.165, 1.54) is 38.5 Å². The predicted octanol–water partition coefficient (Wildman–Crippen LogP) is 3.69. The lowest BCUT2D eigenvalue weighted by atomic mass is 10.1. The maximum Gasteiger partial charge on any atom is 0.226 e. The number of hydrogen-bond donors (Lipinski definition) is 3. The highest BCUT2D eigenvalue weighted by Gasteiger charge is 2.12. The Hall–Kier alpha value is -2.08. The number of aliphatic imine (C=N–C) groups is 1. The molecule has 0 unspecified atom stereocenters. The van der Waals surface area contributed by atoms with Gasteiger partial charge in [0.15, 0.2) is 5.96 Å². The standard InChI is InChI=1S/C22H36N4O2/c1-17(2)21(27)26-19-12-10-18(11-13-19)16-25-22(23-3)24-14-15-28-20-8-6-4-5-7-9-20/h10-13,17,20H,4-9,14-16H2,1-3H3,(H,26,27)(H2,23,24,25). The zero-order valence-corrected chi connectivity index (χ0v) is 17.6. The minimum atomic E-state index is -0.0257. The normalized spacial score (nSPS) is 15.9. The Balaban J connectivity index is 1.66. The van der Waals surface area contributed by atoms with Crippen LogP contribution in [0, 0.1) is 5.92 Å². The summed E-state index contributed by atoms with van der Waals surface area (Å²) in [5.74, 6) is 0.769. The molecule has 1 aromatic rings. The van der Waals surface area contributed by atoms with Crippen LogP contribution < -0.4 is 16.0 Å². The number of nitrogens with zero attached hydrogens (tertiary/aromatic N) is 1. The van der Waals surface area contributed by atoms with Crippen LogP contribution >= 0.6 is 0 Å². The van der Waals surface area contributed by atoms with Crippen LogP contribution in [0.3, 0.4) is 0 Å². The Morgan fingerprint density at radius 3 is 2.39 bits per heavy atom. The van der Waals surface area contributed by atoms with E-state index < -0.39 is 0 Å². The summed E-state index contributed by atoms with van der Waals surface area (Å²) in [6.07, 6.45) is 8.09. The number of nitrogens with one attached hydrogen (secondary N) is 3. The fourth-order valence-corrected chi connectivity index (χ4v) is 3.20. The van der Waals surface area contributed by atoms with Crippen molar-refractivity contribution in [1.82, 2.24) is 10.6 Å². The van der Waals surface area contributed by atoms with Crippen LogP contribution in [0.1, 0.15) is 57.9 Å². The number of anilines is 1. The van der Waals surface area contributed by atoms with Crippen LogP contribution in [0.25, 0.3) is 0 Å². The van der Waals surface area contributed by atoms with Crippen molar-refractivity contribution in [1.29, 1.82) is 0 Å². The van der Waals surface area contributed by atoms with Crippen molar-refractivity contribution >= 4 is 17.6 Å². The van der Waals surface area contributed by atoms with E-state index in [0.717, 1.165) is 23.8 Å². The van der Waals surface area contributed by atoms with Crippen molar-refractivity contribution in [2.75, 3.05) is 25.5 Å². The maximum atomic E-state index is 11.7. The van der Waals surface area contributed by atoms with Gasteiger partial charge in [-0.3, -0.25) is 9.79 Å². The molecule has 0 atom stereocenters. The number of carbonyl (C=O) groups excluding carboxylic acids is 1. The highest BCUT2D eigenvalue weighted by atomic mass is 16.5. The highest BCUT2D eigenvalue weighted by Crippen LogP contribution is 2.19. The van der Waals surface area contributed by atoms with E-state index in [-0.39, 0.29) is 11.8 Å². The molecule has 156 valence electrons. The number of benzene rings is 1. The van der Waals surface area contributed by atoms with Gasteiger partial charge in [0.25, 0.3) is 0 Å².